The summed E-state index contributed by atoms with van der Waals surface area (Å²) in [7, 11) is 0. The topological polar surface area (TPSA) is 47.9 Å². The lowest BCUT2D eigenvalue weighted by Crippen LogP contribution is -2.11. The molecule has 0 fully saturated rings. The highest BCUT2D eigenvalue weighted by Crippen LogP contribution is 2.25. The number of ether oxygens (including phenoxy) is 2. The standard InChI is InChI=1S/C27H24FNO3/c1-27(2,3)21-11-9-20(10-12-21)25-29-24(26(30)32-25)16-18-7-13-23(14-8-18)31-17-19-5-4-6-22(28)15-19/h4-16H,17H2,1-3H3. The Balaban J connectivity index is 1.45. The number of hydrogen-bond acceptors (Lipinski definition) is 4. The number of nitrogens with zero attached hydrogens (tertiary/aromatic N) is 1. The molecule has 162 valence electrons. The Labute approximate surface area is 187 Å². The van der Waals surface area contributed by atoms with Gasteiger partial charge in [0.25, 0.3) is 0 Å². The van der Waals surface area contributed by atoms with Gasteiger partial charge in [0.15, 0.2) is 5.70 Å². The Hall–Kier alpha value is -3.73. The normalized spacial score (nSPS) is 14.9. The van der Waals surface area contributed by atoms with Crippen molar-refractivity contribution in [3.63, 3.8) is 0 Å². The first-order chi connectivity index (χ1) is 15.3. The molecule has 0 saturated carbocycles. The SMILES string of the molecule is CC(C)(C)c1ccc(C2=NC(=Cc3ccc(OCc4cccc(F)c4)cc3)C(=O)O2)cc1. The van der Waals surface area contributed by atoms with Crippen molar-refractivity contribution >= 4 is 17.9 Å². The van der Waals surface area contributed by atoms with Crippen LogP contribution < -0.4 is 4.74 Å². The quantitative estimate of drug-likeness (QED) is 0.367. The van der Waals surface area contributed by atoms with E-state index in [0.717, 1.165) is 16.7 Å². The van der Waals surface area contributed by atoms with Crippen LogP contribution in [0.5, 0.6) is 5.75 Å². The van der Waals surface area contributed by atoms with Crippen molar-refractivity contribution in [3.05, 3.63) is 107 Å². The number of benzene rings is 3. The van der Waals surface area contributed by atoms with Crippen LogP contribution in [0.25, 0.3) is 6.08 Å². The summed E-state index contributed by atoms with van der Waals surface area (Å²) in [4.78, 5) is 16.7. The number of carbonyl (C=O) groups excluding carboxylic acids is 1. The Kier molecular flexibility index (Phi) is 5.91. The third-order valence-electron chi connectivity index (χ3n) is 5.10. The van der Waals surface area contributed by atoms with Crippen molar-refractivity contribution in [1.29, 1.82) is 0 Å². The number of halogens is 1. The molecule has 0 atom stereocenters. The Morgan fingerprint density at radius 1 is 1.00 bits per heavy atom. The average Bonchev–Trinajstić information content (AvgIpc) is 3.13. The fourth-order valence-corrected chi connectivity index (χ4v) is 3.26. The van der Waals surface area contributed by atoms with Crippen LogP contribution in [0, 0.1) is 5.82 Å². The number of hydrogen-bond donors (Lipinski definition) is 0. The first-order valence-electron chi connectivity index (χ1n) is 10.4. The summed E-state index contributed by atoms with van der Waals surface area (Å²) in [6.45, 7) is 6.71. The summed E-state index contributed by atoms with van der Waals surface area (Å²) < 4.78 is 24.3. The Morgan fingerprint density at radius 3 is 2.38 bits per heavy atom. The van der Waals surface area contributed by atoms with Crippen molar-refractivity contribution in [2.45, 2.75) is 32.8 Å². The van der Waals surface area contributed by atoms with E-state index < -0.39 is 5.97 Å². The molecule has 3 aromatic carbocycles. The average molecular weight is 429 g/mol. The molecular formula is C27H24FNO3. The summed E-state index contributed by atoms with van der Waals surface area (Å²) in [5, 5.41) is 0. The fourth-order valence-electron chi connectivity index (χ4n) is 3.26. The predicted octanol–water partition coefficient (Wildman–Crippen LogP) is 6.05. The fraction of sp³-hybridized carbons (Fsp3) is 0.185. The summed E-state index contributed by atoms with van der Waals surface area (Å²) in [6.07, 6.45) is 1.68. The van der Waals surface area contributed by atoms with Gasteiger partial charge >= 0.3 is 5.97 Å². The van der Waals surface area contributed by atoms with E-state index in [4.69, 9.17) is 9.47 Å². The zero-order chi connectivity index (χ0) is 22.7. The minimum Gasteiger partial charge on any atom is -0.489 e. The van der Waals surface area contributed by atoms with E-state index in [0.29, 0.717) is 11.6 Å². The molecule has 0 bridgehead atoms. The molecule has 0 N–H and O–H groups in total. The van der Waals surface area contributed by atoms with E-state index in [1.165, 1.54) is 17.7 Å². The van der Waals surface area contributed by atoms with E-state index in [1.807, 2.05) is 36.4 Å². The van der Waals surface area contributed by atoms with E-state index >= 15 is 0 Å². The van der Waals surface area contributed by atoms with E-state index in [2.05, 4.69) is 25.8 Å². The molecule has 0 unspecified atom stereocenters. The maximum Gasteiger partial charge on any atom is 0.363 e. The summed E-state index contributed by atoms with van der Waals surface area (Å²) in [6, 6.07) is 21.4. The van der Waals surface area contributed by atoms with Crippen LogP contribution in [0.4, 0.5) is 4.39 Å². The smallest absolute Gasteiger partial charge is 0.363 e. The number of carbonyl (C=O) groups is 1. The van der Waals surface area contributed by atoms with Gasteiger partial charge in [0.05, 0.1) is 0 Å². The molecule has 1 aliphatic heterocycles. The minimum atomic E-state index is -0.480. The monoisotopic (exact) mass is 429 g/mol. The Bertz CT molecular complexity index is 1190. The second-order valence-corrected chi connectivity index (χ2v) is 8.65. The van der Waals surface area contributed by atoms with Gasteiger partial charge in [-0.05, 0) is 64.6 Å². The molecule has 32 heavy (non-hydrogen) atoms. The van der Waals surface area contributed by atoms with E-state index in [9.17, 15) is 9.18 Å². The van der Waals surface area contributed by atoms with Crippen molar-refractivity contribution < 1.29 is 18.7 Å². The van der Waals surface area contributed by atoms with Crippen molar-refractivity contribution in [2.75, 3.05) is 0 Å². The van der Waals surface area contributed by atoms with Crippen LogP contribution in [0.1, 0.15) is 43.0 Å². The summed E-state index contributed by atoms with van der Waals surface area (Å²) in [5.41, 5.74) is 3.79. The highest BCUT2D eigenvalue weighted by atomic mass is 19.1. The zero-order valence-corrected chi connectivity index (χ0v) is 18.3. The minimum absolute atomic E-state index is 0.0465. The van der Waals surface area contributed by atoms with Gasteiger partial charge in [0.1, 0.15) is 18.2 Å². The molecule has 0 radical (unpaired) electrons. The van der Waals surface area contributed by atoms with Crippen LogP contribution in [0.15, 0.2) is 83.5 Å². The maximum absolute atomic E-state index is 13.3. The van der Waals surface area contributed by atoms with E-state index in [1.54, 1.807) is 30.3 Å². The first kappa shape index (κ1) is 21.5. The molecule has 5 heteroatoms. The lowest BCUT2D eigenvalue weighted by molar-refractivity contribution is -0.129. The lowest BCUT2D eigenvalue weighted by Gasteiger charge is -2.18. The molecule has 0 spiro atoms. The lowest BCUT2D eigenvalue weighted by atomic mass is 9.87. The first-order valence-corrected chi connectivity index (χ1v) is 10.4. The Morgan fingerprint density at radius 2 is 1.72 bits per heavy atom. The second kappa shape index (κ2) is 8.79. The highest BCUT2D eigenvalue weighted by Gasteiger charge is 2.24. The molecular weight excluding hydrogens is 405 g/mol. The van der Waals surface area contributed by atoms with Crippen LogP contribution in [-0.4, -0.2) is 11.9 Å². The predicted molar refractivity (Wildman–Crippen MR) is 123 cm³/mol. The number of aliphatic imine (C=N–C) groups is 1. The van der Waals surface area contributed by atoms with Gasteiger partial charge in [-0.2, -0.15) is 0 Å². The number of esters is 1. The van der Waals surface area contributed by atoms with Crippen LogP contribution in [0.2, 0.25) is 0 Å². The molecule has 0 amide bonds. The van der Waals surface area contributed by atoms with Gasteiger partial charge < -0.3 is 9.47 Å². The van der Waals surface area contributed by atoms with Crippen molar-refractivity contribution in [1.82, 2.24) is 0 Å². The second-order valence-electron chi connectivity index (χ2n) is 8.65. The molecule has 1 aliphatic rings. The van der Waals surface area contributed by atoms with E-state index in [-0.39, 0.29) is 23.5 Å². The van der Waals surface area contributed by atoms with Crippen LogP contribution in [0.3, 0.4) is 0 Å². The molecule has 1 heterocycles. The van der Waals surface area contributed by atoms with Gasteiger partial charge in [-0.3, -0.25) is 0 Å². The summed E-state index contributed by atoms with van der Waals surface area (Å²) >= 11 is 0. The number of rotatable bonds is 5. The van der Waals surface area contributed by atoms with Gasteiger partial charge in [0.2, 0.25) is 5.90 Å². The molecule has 4 nitrogen and oxygen atoms in total. The molecule has 3 aromatic rings. The number of cyclic esters (lactones) is 1. The largest absolute Gasteiger partial charge is 0.489 e. The van der Waals surface area contributed by atoms with Gasteiger partial charge in [-0.25, -0.2) is 14.2 Å². The zero-order valence-electron chi connectivity index (χ0n) is 18.3. The molecule has 0 aliphatic carbocycles. The van der Waals surface area contributed by atoms with Crippen molar-refractivity contribution in [2.24, 2.45) is 4.99 Å². The molecule has 4 rings (SSSR count). The van der Waals surface area contributed by atoms with Crippen molar-refractivity contribution in [3.8, 4) is 5.75 Å². The maximum atomic E-state index is 13.3. The molecule has 0 saturated heterocycles. The highest BCUT2D eigenvalue weighted by molar-refractivity contribution is 6.12. The van der Waals surface area contributed by atoms with Gasteiger partial charge in [-0.1, -0.05) is 57.2 Å². The van der Waals surface area contributed by atoms with Crippen LogP contribution in [-0.2, 0) is 21.6 Å². The third-order valence-corrected chi connectivity index (χ3v) is 5.10. The molecule has 0 aromatic heterocycles. The third kappa shape index (κ3) is 5.11. The van der Waals surface area contributed by atoms with Gasteiger partial charge in [-0.15, -0.1) is 0 Å². The van der Waals surface area contributed by atoms with Crippen LogP contribution >= 0.6 is 0 Å². The summed E-state index contributed by atoms with van der Waals surface area (Å²) in [5.74, 6) is 0.179. The van der Waals surface area contributed by atoms with Gasteiger partial charge in [0, 0.05) is 5.56 Å².